The van der Waals surface area contributed by atoms with E-state index in [1.54, 1.807) is 7.11 Å². The van der Waals surface area contributed by atoms with Crippen molar-refractivity contribution in [2.45, 2.75) is 38.2 Å². The highest BCUT2D eigenvalue weighted by Gasteiger charge is 2.50. The van der Waals surface area contributed by atoms with Crippen LogP contribution < -0.4 is 4.74 Å². The summed E-state index contributed by atoms with van der Waals surface area (Å²) in [7, 11) is 3.63. The molecule has 0 bridgehead atoms. The molecule has 1 aliphatic carbocycles. The number of carboxylic acid groups (broad SMARTS) is 2. The Bertz CT molecular complexity index is 932. The molecule has 2 N–H and O–H groups in total. The van der Waals surface area contributed by atoms with Gasteiger partial charge in [0.2, 0.25) is 0 Å². The maximum Gasteiger partial charge on any atom is 0.490 e. The van der Waals surface area contributed by atoms with Crippen molar-refractivity contribution in [3.05, 3.63) is 29.8 Å². The Kier molecular flexibility index (Phi) is 11.4. The maximum atomic E-state index is 10.6. The molecule has 3 aliphatic rings. The number of hydrogen-bond acceptors (Lipinski definition) is 6. The normalized spacial score (nSPS) is 23.5. The summed E-state index contributed by atoms with van der Waals surface area (Å²) in [5, 5.41) is 14.2. The molecule has 0 unspecified atom stereocenters. The van der Waals surface area contributed by atoms with E-state index in [1.165, 1.54) is 57.5 Å². The van der Waals surface area contributed by atoms with E-state index in [9.17, 15) is 26.3 Å². The van der Waals surface area contributed by atoms with Gasteiger partial charge in [-0.15, -0.1) is 0 Å². The van der Waals surface area contributed by atoms with Gasteiger partial charge in [0.05, 0.1) is 13.7 Å². The first-order valence-electron chi connectivity index (χ1n) is 12.3. The van der Waals surface area contributed by atoms with Crippen LogP contribution in [0.1, 0.15) is 24.8 Å². The molecule has 1 aromatic carbocycles. The Morgan fingerprint density at radius 2 is 1.51 bits per heavy atom. The number of para-hydroxylation sites is 1. The van der Waals surface area contributed by atoms with Gasteiger partial charge in [-0.05, 0) is 37.8 Å². The van der Waals surface area contributed by atoms with Crippen LogP contribution in [0.2, 0.25) is 0 Å². The Morgan fingerprint density at radius 3 is 2.00 bits per heavy atom. The average molecular weight is 573 g/mol. The number of benzene rings is 1. The molecule has 39 heavy (non-hydrogen) atoms. The standard InChI is InChI=1S/C21H32N2O2.2C2HF3O2/c1-24-14-19-13-23(11-17-7-8-17)16-21(19)9-10-22(15-21)12-18-5-3-4-6-20(18)25-2;2*3-2(4,5)1(6)7/h3-6,17,19H,7-16H2,1-2H3;2*(H,6,7)/t19-,21+;;/m1../s1. The minimum atomic E-state index is -5.08. The third kappa shape index (κ3) is 10.2. The number of alkyl halides is 6. The van der Waals surface area contributed by atoms with Gasteiger partial charge in [0.1, 0.15) is 5.75 Å². The van der Waals surface area contributed by atoms with Crippen LogP contribution in [0.4, 0.5) is 26.3 Å². The van der Waals surface area contributed by atoms with E-state index >= 15 is 0 Å². The fourth-order valence-corrected chi connectivity index (χ4v) is 5.04. The smallest absolute Gasteiger partial charge is 0.490 e. The number of aliphatic carboxylic acids is 2. The van der Waals surface area contributed by atoms with Gasteiger partial charge in [-0.1, -0.05) is 18.2 Å². The van der Waals surface area contributed by atoms with Crippen molar-refractivity contribution < 1.29 is 55.6 Å². The summed E-state index contributed by atoms with van der Waals surface area (Å²) in [4.78, 5) is 23.1. The zero-order valence-corrected chi connectivity index (χ0v) is 21.7. The summed E-state index contributed by atoms with van der Waals surface area (Å²) in [6.45, 7) is 8.09. The van der Waals surface area contributed by atoms with Gasteiger partial charge in [0.25, 0.3) is 0 Å². The minimum absolute atomic E-state index is 0.424. The van der Waals surface area contributed by atoms with Crippen LogP contribution in [0.5, 0.6) is 5.75 Å². The lowest BCUT2D eigenvalue weighted by atomic mass is 9.77. The molecular weight excluding hydrogens is 538 g/mol. The monoisotopic (exact) mass is 572 g/mol. The zero-order chi connectivity index (χ0) is 29.4. The van der Waals surface area contributed by atoms with Crippen LogP contribution in [0.3, 0.4) is 0 Å². The van der Waals surface area contributed by atoms with E-state index in [4.69, 9.17) is 29.3 Å². The van der Waals surface area contributed by atoms with Gasteiger partial charge in [0, 0.05) is 56.7 Å². The molecule has 1 spiro atoms. The Hall–Kier alpha value is -2.58. The second kappa shape index (κ2) is 13.7. The lowest BCUT2D eigenvalue weighted by Gasteiger charge is -2.30. The molecule has 2 atom stereocenters. The average Bonchev–Trinajstić information content (AvgIpc) is 3.47. The topological polar surface area (TPSA) is 99.5 Å². The predicted octanol–water partition coefficient (Wildman–Crippen LogP) is 4.14. The fraction of sp³-hybridized carbons (Fsp3) is 0.680. The van der Waals surface area contributed by atoms with Crippen molar-refractivity contribution >= 4 is 11.9 Å². The third-order valence-electron chi connectivity index (χ3n) is 7.00. The number of hydrogen-bond donors (Lipinski definition) is 2. The number of methoxy groups -OCH3 is 2. The number of likely N-dealkylation sites (tertiary alicyclic amines) is 2. The van der Waals surface area contributed by atoms with Gasteiger partial charge in [-0.2, -0.15) is 26.3 Å². The van der Waals surface area contributed by atoms with E-state index in [0.29, 0.717) is 11.3 Å². The number of ether oxygens (including phenoxy) is 2. The molecule has 8 nitrogen and oxygen atoms in total. The molecule has 222 valence electrons. The number of halogens is 6. The Labute approximate surface area is 222 Å². The largest absolute Gasteiger partial charge is 0.496 e. The van der Waals surface area contributed by atoms with E-state index < -0.39 is 24.3 Å². The molecule has 1 aromatic rings. The molecule has 0 aromatic heterocycles. The molecule has 0 amide bonds. The summed E-state index contributed by atoms with van der Waals surface area (Å²) in [6.07, 6.45) is -5.98. The molecule has 2 aliphatic heterocycles. The summed E-state index contributed by atoms with van der Waals surface area (Å²) >= 11 is 0. The predicted molar refractivity (Wildman–Crippen MR) is 127 cm³/mol. The molecular formula is C25H34F6N2O6. The van der Waals surface area contributed by atoms with E-state index in [0.717, 1.165) is 24.8 Å². The van der Waals surface area contributed by atoms with Gasteiger partial charge < -0.3 is 24.6 Å². The van der Waals surface area contributed by atoms with Crippen molar-refractivity contribution in [3.8, 4) is 5.75 Å². The number of carbonyl (C=O) groups is 2. The van der Waals surface area contributed by atoms with Crippen LogP contribution in [-0.2, 0) is 20.9 Å². The molecule has 2 saturated heterocycles. The van der Waals surface area contributed by atoms with Crippen LogP contribution >= 0.6 is 0 Å². The summed E-state index contributed by atoms with van der Waals surface area (Å²) in [5.74, 6) is -2.85. The first-order chi connectivity index (χ1) is 18.1. The van der Waals surface area contributed by atoms with Crippen LogP contribution in [0, 0.1) is 17.3 Å². The van der Waals surface area contributed by atoms with Crippen LogP contribution in [0.25, 0.3) is 0 Å². The van der Waals surface area contributed by atoms with Crippen molar-refractivity contribution in [2.75, 3.05) is 53.6 Å². The molecule has 1 saturated carbocycles. The first kappa shape index (κ1) is 32.6. The third-order valence-corrected chi connectivity index (χ3v) is 7.00. The van der Waals surface area contributed by atoms with Crippen LogP contribution in [0.15, 0.2) is 24.3 Å². The van der Waals surface area contributed by atoms with Crippen molar-refractivity contribution in [1.82, 2.24) is 9.80 Å². The second-order valence-electron chi connectivity index (χ2n) is 10.0. The highest BCUT2D eigenvalue weighted by atomic mass is 19.4. The van der Waals surface area contributed by atoms with E-state index in [1.807, 2.05) is 7.11 Å². The molecule has 0 radical (unpaired) electrons. The summed E-state index contributed by atoms with van der Waals surface area (Å²) in [5.41, 5.74) is 1.73. The zero-order valence-electron chi connectivity index (χ0n) is 21.7. The molecule has 14 heteroatoms. The van der Waals surface area contributed by atoms with Gasteiger partial charge in [0.15, 0.2) is 0 Å². The van der Waals surface area contributed by atoms with E-state index in [2.05, 4.69) is 34.1 Å². The highest BCUT2D eigenvalue weighted by molar-refractivity contribution is 5.73. The fourth-order valence-electron chi connectivity index (χ4n) is 5.04. The van der Waals surface area contributed by atoms with Gasteiger partial charge in [-0.3, -0.25) is 4.90 Å². The first-order valence-corrected chi connectivity index (χ1v) is 12.3. The number of carboxylic acids is 2. The highest BCUT2D eigenvalue weighted by Crippen LogP contribution is 2.45. The van der Waals surface area contributed by atoms with Gasteiger partial charge in [-0.25, -0.2) is 9.59 Å². The Morgan fingerprint density at radius 1 is 0.974 bits per heavy atom. The Balaban J connectivity index is 0.000000317. The maximum absolute atomic E-state index is 10.6. The summed E-state index contributed by atoms with van der Waals surface area (Å²) in [6, 6.07) is 8.44. The molecule has 4 rings (SSSR count). The molecule has 3 fully saturated rings. The van der Waals surface area contributed by atoms with Crippen molar-refractivity contribution in [1.29, 1.82) is 0 Å². The lowest BCUT2D eigenvalue weighted by Crippen LogP contribution is -2.36. The van der Waals surface area contributed by atoms with Crippen LogP contribution in [-0.4, -0.2) is 97.9 Å². The van der Waals surface area contributed by atoms with Gasteiger partial charge >= 0.3 is 24.3 Å². The van der Waals surface area contributed by atoms with Crippen molar-refractivity contribution in [3.63, 3.8) is 0 Å². The summed E-state index contributed by atoms with van der Waals surface area (Å²) < 4.78 is 74.6. The van der Waals surface area contributed by atoms with Crippen molar-refractivity contribution in [2.24, 2.45) is 17.3 Å². The van der Waals surface area contributed by atoms with E-state index in [-0.39, 0.29) is 0 Å². The minimum Gasteiger partial charge on any atom is -0.496 e. The number of nitrogens with zero attached hydrogens (tertiary/aromatic N) is 2. The SMILES string of the molecule is COC[C@H]1CN(CC2CC2)C[C@@]12CCN(Cc1ccccc1OC)C2.O=C(O)C(F)(F)F.O=C(O)C(F)(F)F. The molecule has 2 heterocycles. The lowest BCUT2D eigenvalue weighted by molar-refractivity contribution is -0.193. The number of rotatable bonds is 7. The second-order valence-corrected chi connectivity index (χ2v) is 10.0. The quantitative estimate of drug-likeness (QED) is 0.471.